The van der Waals surface area contributed by atoms with E-state index in [9.17, 15) is 0 Å². The molecule has 2 aromatic rings. The Morgan fingerprint density at radius 3 is 2.44 bits per heavy atom. The zero-order valence-corrected chi connectivity index (χ0v) is 10.8. The van der Waals surface area contributed by atoms with Crippen LogP contribution in [0.25, 0.3) is 17.0 Å². The van der Waals surface area contributed by atoms with E-state index < -0.39 is 0 Å². The minimum Gasteiger partial charge on any atom is -0.501 e. The molecule has 0 aliphatic rings. The Morgan fingerprint density at radius 1 is 1.00 bits per heavy atom. The van der Waals surface area contributed by atoms with Gasteiger partial charge in [-0.3, -0.25) is 4.98 Å². The van der Waals surface area contributed by atoms with Crippen molar-refractivity contribution in [1.29, 1.82) is 0 Å². The molecule has 2 heterocycles. The van der Waals surface area contributed by atoms with E-state index in [2.05, 4.69) is 9.97 Å². The van der Waals surface area contributed by atoms with Gasteiger partial charge >= 0.3 is 0 Å². The summed E-state index contributed by atoms with van der Waals surface area (Å²) in [5, 5.41) is 0. The van der Waals surface area contributed by atoms with Gasteiger partial charge in [0.1, 0.15) is 0 Å². The Balaban J connectivity index is 2.44. The molecule has 3 heteroatoms. The van der Waals surface area contributed by atoms with Crippen molar-refractivity contribution in [2.45, 2.75) is 13.8 Å². The van der Waals surface area contributed by atoms with Gasteiger partial charge in [0, 0.05) is 11.8 Å². The van der Waals surface area contributed by atoms with Gasteiger partial charge in [-0.1, -0.05) is 12.1 Å². The van der Waals surface area contributed by atoms with Gasteiger partial charge in [0.15, 0.2) is 0 Å². The fraction of sp³-hybridized carbons (Fsp3) is 0.200. The van der Waals surface area contributed by atoms with Gasteiger partial charge in [0.25, 0.3) is 0 Å². The molecule has 0 bridgehead atoms. The van der Waals surface area contributed by atoms with E-state index in [1.165, 1.54) is 0 Å². The molecule has 2 aromatic heterocycles. The molecule has 0 N–H and O–H groups in total. The number of methoxy groups -OCH3 is 1. The zero-order valence-electron chi connectivity index (χ0n) is 10.8. The molecule has 0 amide bonds. The minimum atomic E-state index is 0.872. The first kappa shape index (κ1) is 12.3. The maximum absolute atomic E-state index is 5.24. The lowest BCUT2D eigenvalue weighted by Crippen LogP contribution is -1.94. The lowest BCUT2D eigenvalue weighted by atomic mass is 10.1. The molecule has 0 unspecified atom stereocenters. The monoisotopic (exact) mass is 240 g/mol. The molecular weight excluding hydrogens is 224 g/mol. The van der Waals surface area contributed by atoms with Crippen LogP contribution in [-0.4, -0.2) is 17.1 Å². The van der Waals surface area contributed by atoms with Gasteiger partial charge in [-0.15, -0.1) is 0 Å². The highest BCUT2D eigenvalue weighted by atomic mass is 16.5. The highest BCUT2D eigenvalue weighted by Gasteiger charge is 2.05. The average Bonchev–Trinajstić information content (AvgIpc) is 2.46. The minimum absolute atomic E-state index is 0.872. The molecule has 0 spiro atoms. The zero-order chi connectivity index (χ0) is 13.0. The van der Waals surface area contributed by atoms with E-state index in [-0.39, 0.29) is 0 Å². The normalized spacial score (nSPS) is 11.9. The van der Waals surface area contributed by atoms with Gasteiger partial charge in [-0.05, 0) is 38.1 Å². The van der Waals surface area contributed by atoms with Gasteiger partial charge < -0.3 is 4.74 Å². The number of aromatic nitrogens is 2. The number of rotatable bonds is 3. The van der Waals surface area contributed by atoms with Crippen LogP contribution in [0.3, 0.4) is 0 Å². The maximum atomic E-state index is 5.24. The highest BCUT2D eigenvalue weighted by Crippen LogP contribution is 2.20. The van der Waals surface area contributed by atoms with Crippen molar-refractivity contribution < 1.29 is 4.74 Å². The molecule has 0 saturated carbocycles. The third kappa shape index (κ3) is 2.56. The lowest BCUT2D eigenvalue weighted by Gasteiger charge is -2.07. The number of pyridine rings is 2. The summed E-state index contributed by atoms with van der Waals surface area (Å²) in [6.07, 6.45) is 1.77. The summed E-state index contributed by atoms with van der Waals surface area (Å²) in [5.74, 6) is 0.876. The van der Waals surface area contributed by atoms with Gasteiger partial charge in [0.05, 0.1) is 30.0 Å². The lowest BCUT2D eigenvalue weighted by molar-refractivity contribution is 0.295. The summed E-state index contributed by atoms with van der Waals surface area (Å²) in [7, 11) is 1.67. The van der Waals surface area contributed by atoms with Crippen molar-refractivity contribution in [2.24, 2.45) is 0 Å². The van der Waals surface area contributed by atoms with Crippen LogP contribution in [0.5, 0.6) is 0 Å². The van der Waals surface area contributed by atoms with Crippen LogP contribution < -0.4 is 0 Å². The Hall–Kier alpha value is -2.16. The summed E-state index contributed by atoms with van der Waals surface area (Å²) in [4.78, 5) is 8.92. The second-order valence-electron chi connectivity index (χ2n) is 4.01. The van der Waals surface area contributed by atoms with Crippen LogP contribution in [-0.2, 0) is 4.74 Å². The van der Waals surface area contributed by atoms with E-state index in [4.69, 9.17) is 4.74 Å². The molecule has 0 aliphatic carbocycles. The maximum Gasteiger partial charge on any atom is 0.0975 e. The Morgan fingerprint density at radius 2 is 1.78 bits per heavy atom. The van der Waals surface area contributed by atoms with Crippen molar-refractivity contribution in [2.75, 3.05) is 7.11 Å². The van der Waals surface area contributed by atoms with Crippen LogP contribution >= 0.6 is 0 Å². The molecule has 0 atom stereocenters. The topological polar surface area (TPSA) is 35.0 Å². The second kappa shape index (κ2) is 5.45. The molecule has 3 nitrogen and oxygen atoms in total. The molecule has 18 heavy (non-hydrogen) atoms. The van der Waals surface area contributed by atoms with Crippen molar-refractivity contribution >= 4 is 5.57 Å². The standard InChI is InChI=1S/C15H16N2O/c1-11(12(2)18-3)13-8-6-9-15(17-13)14-7-4-5-10-16-14/h4-10H,1-3H3/b12-11-. The van der Waals surface area contributed by atoms with E-state index in [0.29, 0.717) is 0 Å². The molecule has 0 saturated heterocycles. The molecule has 92 valence electrons. The number of hydrogen-bond acceptors (Lipinski definition) is 3. The third-order valence-corrected chi connectivity index (χ3v) is 2.89. The average molecular weight is 240 g/mol. The fourth-order valence-electron chi connectivity index (χ4n) is 1.63. The van der Waals surface area contributed by atoms with Crippen LogP contribution in [0.1, 0.15) is 19.5 Å². The predicted molar refractivity (Wildman–Crippen MR) is 72.7 cm³/mol. The first-order chi connectivity index (χ1) is 8.72. The van der Waals surface area contributed by atoms with Gasteiger partial charge in [-0.25, -0.2) is 4.98 Å². The van der Waals surface area contributed by atoms with Crippen molar-refractivity contribution in [3.05, 3.63) is 54.0 Å². The van der Waals surface area contributed by atoms with E-state index in [1.54, 1.807) is 13.3 Å². The largest absolute Gasteiger partial charge is 0.501 e. The molecule has 2 rings (SSSR count). The van der Waals surface area contributed by atoms with Crippen molar-refractivity contribution in [3.63, 3.8) is 0 Å². The predicted octanol–water partition coefficient (Wildman–Crippen LogP) is 3.54. The van der Waals surface area contributed by atoms with Crippen LogP contribution in [0.2, 0.25) is 0 Å². The van der Waals surface area contributed by atoms with Gasteiger partial charge in [0.2, 0.25) is 0 Å². The Kier molecular flexibility index (Phi) is 3.72. The first-order valence-corrected chi connectivity index (χ1v) is 5.82. The van der Waals surface area contributed by atoms with E-state index in [1.807, 2.05) is 50.2 Å². The number of allylic oxidation sites excluding steroid dienone is 2. The van der Waals surface area contributed by atoms with Crippen molar-refractivity contribution in [1.82, 2.24) is 9.97 Å². The van der Waals surface area contributed by atoms with Crippen LogP contribution in [0.4, 0.5) is 0 Å². The fourth-order valence-corrected chi connectivity index (χ4v) is 1.63. The molecule has 0 fully saturated rings. The smallest absolute Gasteiger partial charge is 0.0975 e. The highest BCUT2D eigenvalue weighted by molar-refractivity contribution is 5.65. The molecule has 0 radical (unpaired) electrons. The second-order valence-corrected chi connectivity index (χ2v) is 4.01. The van der Waals surface area contributed by atoms with Crippen LogP contribution in [0.15, 0.2) is 48.4 Å². The summed E-state index contributed by atoms with van der Waals surface area (Å²) in [6, 6.07) is 11.7. The SMILES string of the molecule is CO/C(C)=C(/C)c1cccc(-c2ccccn2)n1. The molecule has 0 aliphatic heterocycles. The molecule has 0 aromatic carbocycles. The van der Waals surface area contributed by atoms with Gasteiger partial charge in [-0.2, -0.15) is 0 Å². The summed E-state index contributed by atoms with van der Waals surface area (Å²) in [5.41, 5.74) is 3.70. The first-order valence-electron chi connectivity index (χ1n) is 5.82. The number of ether oxygens (including phenoxy) is 1. The number of hydrogen-bond donors (Lipinski definition) is 0. The summed E-state index contributed by atoms with van der Waals surface area (Å²) < 4.78 is 5.24. The Bertz CT molecular complexity index is 562. The van der Waals surface area contributed by atoms with E-state index >= 15 is 0 Å². The van der Waals surface area contributed by atoms with Crippen molar-refractivity contribution in [3.8, 4) is 11.4 Å². The summed E-state index contributed by atoms with van der Waals surface area (Å²) in [6.45, 7) is 3.94. The Labute approximate surface area is 107 Å². The van der Waals surface area contributed by atoms with E-state index in [0.717, 1.165) is 28.4 Å². The third-order valence-electron chi connectivity index (χ3n) is 2.89. The number of nitrogens with zero attached hydrogens (tertiary/aromatic N) is 2. The quantitative estimate of drug-likeness (QED) is 0.770. The summed E-state index contributed by atoms with van der Waals surface area (Å²) >= 11 is 0. The van der Waals surface area contributed by atoms with Crippen LogP contribution in [0, 0.1) is 0 Å². The molecular formula is C15H16N2O.